The van der Waals surface area contributed by atoms with Crippen LogP contribution in [0.1, 0.15) is 45.9 Å². The number of nitrogens with zero attached hydrogens (tertiary/aromatic N) is 2. The van der Waals surface area contributed by atoms with Crippen molar-refractivity contribution in [3.05, 3.63) is 70.7 Å². The lowest BCUT2D eigenvalue weighted by molar-refractivity contribution is -0.173. The third kappa shape index (κ3) is 5.95. The molecule has 0 atom stereocenters. The molecule has 6 nitrogen and oxygen atoms in total. The molecule has 10 heteroatoms. The van der Waals surface area contributed by atoms with E-state index in [4.69, 9.17) is 4.74 Å². The van der Waals surface area contributed by atoms with Crippen molar-refractivity contribution in [3.8, 4) is 0 Å². The summed E-state index contributed by atoms with van der Waals surface area (Å²) in [7, 11) is 1.62. The number of fused-ring (bicyclic) bond motifs is 1. The zero-order valence-electron chi connectivity index (χ0n) is 20.7. The lowest BCUT2D eigenvalue weighted by Crippen LogP contribution is -2.39. The van der Waals surface area contributed by atoms with Crippen LogP contribution in [0.15, 0.2) is 42.5 Å². The molecule has 1 aliphatic rings. The molecule has 0 unspecified atom stereocenters. The van der Waals surface area contributed by atoms with E-state index in [-0.39, 0.29) is 17.4 Å². The number of hydrogen-bond acceptors (Lipinski definition) is 3. The Morgan fingerprint density at radius 3 is 2.51 bits per heavy atom. The van der Waals surface area contributed by atoms with Crippen LogP contribution in [0.5, 0.6) is 0 Å². The second-order valence-electron chi connectivity index (χ2n) is 9.33. The van der Waals surface area contributed by atoms with Crippen molar-refractivity contribution in [2.24, 2.45) is 0 Å². The number of methoxy groups -OCH3 is 1. The molecule has 2 aromatic carbocycles. The van der Waals surface area contributed by atoms with Crippen molar-refractivity contribution >= 4 is 22.7 Å². The number of alkyl halides is 3. The second kappa shape index (κ2) is 10.9. The van der Waals surface area contributed by atoms with E-state index in [9.17, 15) is 27.2 Å². The lowest BCUT2D eigenvalue weighted by atomic mass is 9.88. The highest BCUT2D eigenvalue weighted by Crippen LogP contribution is 2.31. The number of piperidine rings is 1. The molecular formula is C27H29F4N3O3. The van der Waals surface area contributed by atoms with Gasteiger partial charge in [0.2, 0.25) is 0 Å². The van der Waals surface area contributed by atoms with Gasteiger partial charge in [-0.3, -0.25) is 9.59 Å². The molecule has 2 amide bonds. The number of hydrogen-bond donors (Lipinski definition) is 1. The molecule has 0 radical (unpaired) electrons. The van der Waals surface area contributed by atoms with Crippen molar-refractivity contribution in [2.75, 3.05) is 26.8 Å². The number of rotatable bonds is 7. The van der Waals surface area contributed by atoms with Gasteiger partial charge in [-0.05, 0) is 60.6 Å². The predicted octanol–water partition coefficient (Wildman–Crippen LogP) is 4.93. The molecule has 0 bridgehead atoms. The SMILES string of the molecule is COCCn1c(C(=O)N2CCC(c3cc(F)cc(CNC(=O)C(F)(F)F)c3)CC2)cc2cccc(C)c21. The van der Waals surface area contributed by atoms with Crippen molar-refractivity contribution in [3.63, 3.8) is 0 Å². The minimum atomic E-state index is -5.00. The molecule has 1 aliphatic heterocycles. The van der Waals surface area contributed by atoms with Crippen LogP contribution in [0.3, 0.4) is 0 Å². The maximum Gasteiger partial charge on any atom is 0.471 e. The van der Waals surface area contributed by atoms with Crippen LogP contribution in [0.25, 0.3) is 10.9 Å². The van der Waals surface area contributed by atoms with Gasteiger partial charge in [0.25, 0.3) is 5.91 Å². The number of carbonyl (C=O) groups is 2. The number of aromatic nitrogens is 1. The largest absolute Gasteiger partial charge is 0.471 e. The summed E-state index contributed by atoms with van der Waals surface area (Å²) < 4.78 is 58.9. The minimum absolute atomic E-state index is 0.0570. The number of ether oxygens (including phenoxy) is 1. The topological polar surface area (TPSA) is 63.6 Å². The van der Waals surface area contributed by atoms with Gasteiger partial charge in [-0.1, -0.05) is 24.3 Å². The number of aryl methyl sites for hydroxylation is 1. The Balaban J connectivity index is 1.46. The van der Waals surface area contributed by atoms with Gasteiger partial charge < -0.3 is 19.5 Å². The summed E-state index contributed by atoms with van der Waals surface area (Å²) in [6.45, 7) is 3.51. The fourth-order valence-corrected chi connectivity index (χ4v) is 4.98. The molecule has 1 saturated heterocycles. The summed E-state index contributed by atoms with van der Waals surface area (Å²) >= 11 is 0. The number of amides is 2. The quantitative estimate of drug-likeness (QED) is 0.450. The predicted molar refractivity (Wildman–Crippen MR) is 131 cm³/mol. The molecular weight excluding hydrogens is 490 g/mol. The lowest BCUT2D eigenvalue weighted by Gasteiger charge is -2.32. The summed E-state index contributed by atoms with van der Waals surface area (Å²) in [5.41, 5.74) is 3.56. The molecule has 198 valence electrons. The summed E-state index contributed by atoms with van der Waals surface area (Å²) in [4.78, 5) is 26.4. The Bertz CT molecular complexity index is 1290. The van der Waals surface area contributed by atoms with Gasteiger partial charge in [-0.25, -0.2) is 4.39 Å². The monoisotopic (exact) mass is 519 g/mol. The highest BCUT2D eigenvalue weighted by molar-refractivity contribution is 5.99. The Labute approximate surface area is 212 Å². The molecule has 0 aliphatic carbocycles. The minimum Gasteiger partial charge on any atom is -0.383 e. The average Bonchev–Trinajstić information content (AvgIpc) is 3.24. The maximum absolute atomic E-state index is 14.2. The second-order valence-corrected chi connectivity index (χ2v) is 9.33. The molecule has 3 aromatic rings. The summed E-state index contributed by atoms with van der Waals surface area (Å²) in [6.07, 6.45) is -3.83. The van der Waals surface area contributed by atoms with Crippen molar-refractivity contribution in [1.29, 1.82) is 0 Å². The van der Waals surface area contributed by atoms with Crippen LogP contribution >= 0.6 is 0 Å². The van der Waals surface area contributed by atoms with E-state index in [2.05, 4.69) is 0 Å². The van der Waals surface area contributed by atoms with E-state index < -0.39 is 24.4 Å². The molecule has 4 rings (SSSR count). The first-order chi connectivity index (χ1) is 17.6. The Hall–Kier alpha value is -3.40. The van der Waals surface area contributed by atoms with Gasteiger partial charge in [0, 0.05) is 38.7 Å². The summed E-state index contributed by atoms with van der Waals surface area (Å²) in [5.74, 6) is -2.79. The van der Waals surface area contributed by atoms with Crippen LogP contribution in [0, 0.1) is 12.7 Å². The fourth-order valence-electron chi connectivity index (χ4n) is 4.98. The van der Waals surface area contributed by atoms with E-state index in [0.29, 0.717) is 50.3 Å². The zero-order chi connectivity index (χ0) is 26.7. The first-order valence-electron chi connectivity index (χ1n) is 12.1. The first kappa shape index (κ1) is 26.7. The maximum atomic E-state index is 14.2. The Morgan fingerprint density at radius 1 is 1.11 bits per heavy atom. The van der Waals surface area contributed by atoms with Gasteiger partial charge in [0.1, 0.15) is 11.5 Å². The number of likely N-dealkylation sites (tertiary alicyclic amines) is 1. The number of para-hydroxylation sites is 1. The van der Waals surface area contributed by atoms with E-state index in [1.54, 1.807) is 23.4 Å². The molecule has 0 saturated carbocycles. The van der Waals surface area contributed by atoms with E-state index in [1.165, 1.54) is 6.07 Å². The number of halogens is 4. The number of carbonyl (C=O) groups excluding carboxylic acids is 2. The molecule has 2 heterocycles. The third-order valence-corrected chi connectivity index (χ3v) is 6.80. The van der Waals surface area contributed by atoms with E-state index >= 15 is 0 Å². The van der Waals surface area contributed by atoms with Crippen LogP contribution in [0.2, 0.25) is 0 Å². The van der Waals surface area contributed by atoms with Gasteiger partial charge in [-0.15, -0.1) is 0 Å². The highest BCUT2D eigenvalue weighted by atomic mass is 19.4. The normalized spacial score (nSPS) is 14.8. The molecule has 1 fully saturated rings. The fraction of sp³-hybridized carbons (Fsp3) is 0.407. The van der Waals surface area contributed by atoms with Crippen LogP contribution in [-0.2, 0) is 22.6 Å². The molecule has 1 aromatic heterocycles. The highest BCUT2D eigenvalue weighted by Gasteiger charge is 2.38. The standard InChI is InChI=1S/C27H29F4N3O3/c1-17-4-3-5-20-15-23(34(24(17)20)10-11-37-2)25(35)33-8-6-19(7-9-33)21-12-18(13-22(28)14-21)16-32-26(36)27(29,30)31/h3-5,12-15,19H,6-11,16H2,1-2H3,(H,32,36). The summed E-state index contributed by atoms with van der Waals surface area (Å²) in [6, 6.07) is 11.9. The molecule has 37 heavy (non-hydrogen) atoms. The van der Waals surface area contributed by atoms with Gasteiger partial charge >= 0.3 is 12.1 Å². The zero-order valence-corrected chi connectivity index (χ0v) is 20.7. The van der Waals surface area contributed by atoms with Crippen molar-refractivity contribution in [1.82, 2.24) is 14.8 Å². The van der Waals surface area contributed by atoms with Crippen molar-refractivity contribution in [2.45, 2.75) is 44.9 Å². The van der Waals surface area contributed by atoms with Gasteiger partial charge in [0.15, 0.2) is 0 Å². The first-order valence-corrected chi connectivity index (χ1v) is 12.1. The Morgan fingerprint density at radius 2 is 1.84 bits per heavy atom. The van der Waals surface area contributed by atoms with E-state index in [1.807, 2.05) is 35.8 Å². The van der Waals surface area contributed by atoms with Gasteiger partial charge in [-0.2, -0.15) is 13.2 Å². The third-order valence-electron chi connectivity index (χ3n) is 6.80. The number of nitrogens with one attached hydrogen (secondary N) is 1. The van der Waals surface area contributed by atoms with E-state index in [0.717, 1.165) is 22.5 Å². The Kier molecular flexibility index (Phi) is 7.87. The van der Waals surface area contributed by atoms with Crippen LogP contribution < -0.4 is 5.32 Å². The van der Waals surface area contributed by atoms with Crippen molar-refractivity contribution < 1.29 is 31.9 Å². The summed E-state index contributed by atoms with van der Waals surface area (Å²) in [5, 5.41) is 2.76. The number of benzene rings is 2. The van der Waals surface area contributed by atoms with Gasteiger partial charge in [0.05, 0.1) is 12.1 Å². The van der Waals surface area contributed by atoms with Crippen LogP contribution in [0.4, 0.5) is 17.6 Å². The molecule has 1 N–H and O–H groups in total. The molecule has 0 spiro atoms. The van der Waals surface area contributed by atoms with Crippen LogP contribution in [-0.4, -0.2) is 54.3 Å². The average molecular weight is 520 g/mol. The smallest absolute Gasteiger partial charge is 0.383 e.